The summed E-state index contributed by atoms with van der Waals surface area (Å²) in [4.78, 5) is 24.5. The first kappa shape index (κ1) is 13.8. The fourth-order valence-corrected chi connectivity index (χ4v) is 2.36. The average Bonchev–Trinajstić information content (AvgIpc) is 2.43. The van der Waals surface area contributed by atoms with E-state index in [0.29, 0.717) is 19.6 Å². The quantitative estimate of drug-likeness (QED) is 0.741. The van der Waals surface area contributed by atoms with Gasteiger partial charge in [0.05, 0.1) is 19.3 Å². The molecule has 19 heavy (non-hydrogen) atoms. The summed E-state index contributed by atoms with van der Waals surface area (Å²) in [6.45, 7) is 4.29. The molecule has 1 N–H and O–H groups in total. The van der Waals surface area contributed by atoms with Crippen LogP contribution in [-0.2, 0) is 19.0 Å². The summed E-state index contributed by atoms with van der Waals surface area (Å²) in [5.41, 5.74) is 0. The Labute approximate surface area is 110 Å². The summed E-state index contributed by atoms with van der Waals surface area (Å²) in [5, 5.41) is 9.19. The zero-order chi connectivity index (χ0) is 13.8. The standard InChI is InChI=1S/C12H17NO6/c1-2-4-18-12(16)13-8-3-5-17-7-10(8)19-6-9(13)11(14)15/h2,8-10H,1,3-7H2,(H,14,15)/t8-,9?,10+/m0/s1. The summed E-state index contributed by atoms with van der Waals surface area (Å²) in [7, 11) is 0. The van der Waals surface area contributed by atoms with Crippen LogP contribution in [0.3, 0.4) is 0 Å². The van der Waals surface area contributed by atoms with E-state index in [0.717, 1.165) is 0 Å². The predicted molar refractivity (Wildman–Crippen MR) is 63.8 cm³/mol. The van der Waals surface area contributed by atoms with Crippen molar-refractivity contribution in [3.63, 3.8) is 0 Å². The fraction of sp³-hybridized carbons (Fsp3) is 0.667. The molecule has 3 atom stereocenters. The van der Waals surface area contributed by atoms with Gasteiger partial charge in [0.2, 0.25) is 0 Å². The molecule has 0 aromatic heterocycles. The van der Waals surface area contributed by atoms with Crippen molar-refractivity contribution in [2.24, 2.45) is 0 Å². The van der Waals surface area contributed by atoms with Gasteiger partial charge in [-0.25, -0.2) is 9.59 Å². The highest BCUT2D eigenvalue weighted by molar-refractivity contribution is 5.80. The Balaban J connectivity index is 2.16. The molecular formula is C12H17NO6. The van der Waals surface area contributed by atoms with Crippen LogP contribution < -0.4 is 0 Å². The molecule has 0 aliphatic carbocycles. The Kier molecular flexibility index (Phi) is 4.39. The number of fused-ring (bicyclic) bond motifs is 1. The van der Waals surface area contributed by atoms with Crippen LogP contribution in [0, 0.1) is 0 Å². The largest absolute Gasteiger partial charge is 0.480 e. The van der Waals surface area contributed by atoms with E-state index in [9.17, 15) is 14.7 Å². The number of rotatable bonds is 3. The van der Waals surface area contributed by atoms with Crippen molar-refractivity contribution >= 4 is 12.1 Å². The Hall–Kier alpha value is -1.60. The topological polar surface area (TPSA) is 85.3 Å². The van der Waals surface area contributed by atoms with Crippen LogP contribution in [0.5, 0.6) is 0 Å². The number of carbonyl (C=O) groups is 2. The number of hydrogen-bond acceptors (Lipinski definition) is 5. The Morgan fingerprint density at radius 2 is 2.26 bits per heavy atom. The van der Waals surface area contributed by atoms with Crippen molar-refractivity contribution in [2.45, 2.75) is 24.6 Å². The number of ether oxygens (including phenoxy) is 3. The van der Waals surface area contributed by atoms with Gasteiger partial charge in [0.15, 0.2) is 6.04 Å². The van der Waals surface area contributed by atoms with Crippen LogP contribution in [0.15, 0.2) is 12.7 Å². The van der Waals surface area contributed by atoms with Gasteiger partial charge in [0.1, 0.15) is 12.7 Å². The van der Waals surface area contributed by atoms with Gasteiger partial charge in [0, 0.05) is 6.61 Å². The number of amides is 1. The van der Waals surface area contributed by atoms with E-state index in [2.05, 4.69) is 6.58 Å². The van der Waals surface area contributed by atoms with Crippen LogP contribution in [0.1, 0.15) is 6.42 Å². The van der Waals surface area contributed by atoms with Crippen LogP contribution in [0.25, 0.3) is 0 Å². The number of nitrogens with zero attached hydrogens (tertiary/aromatic N) is 1. The van der Waals surface area contributed by atoms with Crippen molar-refractivity contribution in [1.29, 1.82) is 0 Å². The fourth-order valence-electron chi connectivity index (χ4n) is 2.36. The summed E-state index contributed by atoms with van der Waals surface area (Å²) < 4.78 is 15.7. The molecule has 2 aliphatic rings. The molecule has 2 heterocycles. The smallest absolute Gasteiger partial charge is 0.411 e. The van der Waals surface area contributed by atoms with E-state index in [-0.39, 0.29) is 25.4 Å². The maximum absolute atomic E-state index is 12.0. The average molecular weight is 271 g/mol. The minimum Gasteiger partial charge on any atom is -0.480 e. The molecule has 2 rings (SSSR count). The first-order chi connectivity index (χ1) is 9.15. The summed E-state index contributed by atoms with van der Waals surface area (Å²) in [6, 6.07) is -1.34. The van der Waals surface area contributed by atoms with Gasteiger partial charge in [-0.2, -0.15) is 0 Å². The van der Waals surface area contributed by atoms with E-state index in [1.165, 1.54) is 11.0 Å². The molecule has 2 fully saturated rings. The van der Waals surface area contributed by atoms with E-state index in [4.69, 9.17) is 14.2 Å². The monoisotopic (exact) mass is 271 g/mol. The number of hydrogen-bond donors (Lipinski definition) is 1. The molecule has 0 aromatic carbocycles. The van der Waals surface area contributed by atoms with Gasteiger partial charge in [-0.15, -0.1) is 0 Å². The second-order valence-corrected chi connectivity index (χ2v) is 4.43. The molecular weight excluding hydrogens is 254 g/mol. The molecule has 2 aliphatic heterocycles. The molecule has 7 nitrogen and oxygen atoms in total. The number of morpholine rings is 1. The molecule has 106 valence electrons. The Morgan fingerprint density at radius 3 is 2.95 bits per heavy atom. The van der Waals surface area contributed by atoms with E-state index in [1.54, 1.807) is 0 Å². The van der Waals surface area contributed by atoms with Crippen LogP contribution in [-0.4, -0.2) is 66.7 Å². The van der Waals surface area contributed by atoms with E-state index < -0.39 is 18.1 Å². The van der Waals surface area contributed by atoms with Gasteiger partial charge >= 0.3 is 12.1 Å². The summed E-state index contributed by atoms with van der Waals surface area (Å²) >= 11 is 0. The lowest BCUT2D eigenvalue weighted by Crippen LogP contribution is -2.63. The minimum absolute atomic E-state index is 0.0520. The highest BCUT2D eigenvalue weighted by Crippen LogP contribution is 2.26. The number of carboxylic acids is 1. The van der Waals surface area contributed by atoms with Gasteiger partial charge in [-0.1, -0.05) is 12.7 Å². The van der Waals surface area contributed by atoms with Gasteiger partial charge in [-0.05, 0) is 6.42 Å². The predicted octanol–water partition coefficient (Wildman–Crippen LogP) is 0.252. The molecule has 0 aromatic rings. The second-order valence-electron chi connectivity index (χ2n) is 4.43. The van der Waals surface area contributed by atoms with Crippen molar-refractivity contribution in [3.05, 3.63) is 12.7 Å². The minimum atomic E-state index is -1.10. The SMILES string of the molecule is C=CCOC(=O)N1C(C(=O)O)CO[C@@H]2COCC[C@@H]21. The van der Waals surface area contributed by atoms with Gasteiger partial charge in [0.25, 0.3) is 0 Å². The second kappa shape index (κ2) is 6.03. The van der Waals surface area contributed by atoms with Crippen molar-refractivity contribution in [2.75, 3.05) is 26.4 Å². The van der Waals surface area contributed by atoms with Crippen molar-refractivity contribution in [3.8, 4) is 0 Å². The van der Waals surface area contributed by atoms with Crippen molar-refractivity contribution in [1.82, 2.24) is 4.90 Å². The van der Waals surface area contributed by atoms with Crippen LogP contribution >= 0.6 is 0 Å². The van der Waals surface area contributed by atoms with Gasteiger partial charge < -0.3 is 19.3 Å². The molecule has 0 spiro atoms. The molecule has 0 saturated carbocycles. The number of aliphatic carboxylic acids is 1. The first-order valence-corrected chi connectivity index (χ1v) is 6.13. The third-order valence-electron chi connectivity index (χ3n) is 3.25. The number of carboxylic acid groups (broad SMARTS) is 1. The molecule has 0 radical (unpaired) electrons. The van der Waals surface area contributed by atoms with Gasteiger partial charge in [-0.3, -0.25) is 4.90 Å². The first-order valence-electron chi connectivity index (χ1n) is 6.13. The third kappa shape index (κ3) is 2.87. The highest BCUT2D eigenvalue weighted by Gasteiger charge is 2.46. The zero-order valence-corrected chi connectivity index (χ0v) is 10.5. The maximum Gasteiger partial charge on any atom is 0.411 e. The highest BCUT2D eigenvalue weighted by atomic mass is 16.6. The molecule has 1 amide bonds. The van der Waals surface area contributed by atoms with Crippen LogP contribution in [0.4, 0.5) is 4.79 Å². The Bertz CT molecular complexity index is 371. The third-order valence-corrected chi connectivity index (χ3v) is 3.25. The molecule has 0 bridgehead atoms. The summed E-state index contributed by atoms with van der Waals surface area (Å²) in [6.07, 6.45) is 1.04. The Morgan fingerprint density at radius 1 is 1.47 bits per heavy atom. The lowest BCUT2D eigenvalue weighted by atomic mass is 10.00. The summed E-state index contributed by atoms with van der Waals surface area (Å²) in [5.74, 6) is -1.10. The van der Waals surface area contributed by atoms with Crippen molar-refractivity contribution < 1.29 is 28.9 Å². The molecule has 7 heteroatoms. The van der Waals surface area contributed by atoms with Crippen LogP contribution in [0.2, 0.25) is 0 Å². The normalized spacial score (nSPS) is 30.3. The molecule has 2 saturated heterocycles. The zero-order valence-electron chi connectivity index (χ0n) is 10.5. The van der Waals surface area contributed by atoms with E-state index in [1.807, 2.05) is 0 Å². The molecule has 1 unspecified atom stereocenters. The number of carbonyl (C=O) groups excluding carboxylic acids is 1. The lowest BCUT2D eigenvalue weighted by molar-refractivity contribution is -0.172. The lowest BCUT2D eigenvalue weighted by Gasteiger charge is -2.45. The van der Waals surface area contributed by atoms with E-state index >= 15 is 0 Å². The maximum atomic E-state index is 12.0.